The van der Waals surface area contributed by atoms with Crippen molar-refractivity contribution < 1.29 is 24.2 Å². The van der Waals surface area contributed by atoms with Crippen LogP contribution in [0, 0.1) is 0 Å². The Morgan fingerprint density at radius 3 is 2.45 bits per heavy atom. The number of benzene rings is 3. The van der Waals surface area contributed by atoms with Gasteiger partial charge in [-0.2, -0.15) is 0 Å². The molecule has 244 valence electrons. The zero-order valence-electron chi connectivity index (χ0n) is 26.9. The van der Waals surface area contributed by atoms with Crippen LogP contribution in [0.25, 0.3) is 0 Å². The smallest absolute Gasteiger partial charge is 0.289 e. The lowest BCUT2D eigenvalue weighted by atomic mass is 9.93. The number of carbonyl (C=O) groups excluding carboxylic acids is 3. The number of aliphatic hydroxyl groups excluding tert-OH is 1. The molecule has 0 spiro atoms. The first kappa shape index (κ1) is 31.1. The third kappa shape index (κ3) is 6.15. The van der Waals surface area contributed by atoms with E-state index in [0.717, 1.165) is 30.4 Å². The summed E-state index contributed by atoms with van der Waals surface area (Å²) in [5.41, 5.74) is 6.42. The zero-order valence-corrected chi connectivity index (χ0v) is 26.9. The molecule has 1 atom stereocenters. The van der Waals surface area contributed by atoms with Gasteiger partial charge < -0.3 is 29.9 Å². The Morgan fingerprint density at radius 1 is 0.979 bits per heavy atom. The second-order valence-corrected chi connectivity index (χ2v) is 13.0. The lowest BCUT2D eigenvalue weighted by Crippen LogP contribution is -2.44. The normalized spacial score (nSPS) is 20.3. The number of hydrogen-bond acceptors (Lipinski definition) is 7. The van der Waals surface area contributed by atoms with E-state index in [1.807, 2.05) is 29.2 Å². The van der Waals surface area contributed by atoms with Crippen LogP contribution in [-0.4, -0.2) is 84.9 Å². The Hall–Kier alpha value is -4.54. The number of nitrogens with one attached hydrogen (secondary N) is 1. The van der Waals surface area contributed by atoms with Crippen LogP contribution in [0.15, 0.2) is 65.7 Å². The van der Waals surface area contributed by atoms with E-state index >= 15 is 0 Å². The fourth-order valence-corrected chi connectivity index (χ4v) is 7.08. The molecule has 0 aromatic heterocycles. The number of likely N-dealkylation sites (N-methyl/N-ethyl adjacent to an activating group) is 1. The molecular formula is C37H41N5O5. The monoisotopic (exact) mass is 635 g/mol. The highest BCUT2D eigenvalue weighted by Crippen LogP contribution is 2.41. The van der Waals surface area contributed by atoms with Gasteiger partial charge in [-0.05, 0) is 91.1 Å². The molecule has 10 nitrogen and oxygen atoms in total. The van der Waals surface area contributed by atoms with Crippen molar-refractivity contribution in [1.29, 1.82) is 0 Å². The van der Waals surface area contributed by atoms with Crippen LogP contribution < -0.4 is 10.2 Å². The maximum atomic E-state index is 13.7. The predicted octanol–water partition coefficient (Wildman–Crippen LogP) is 4.53. The number of carbonyl (C=O) groups is 3. The topological polar surface area (TPSA) is 115 Å². The molecule has 47 heavy (non-hydrogen) atoms. The molecule has 1 saturated heterocycles. The first-order chi connectivity index (χ1) is 22.8. The lowest BCUT2D eigenvalue weighted by Gasteiger charge is -2.33. The molecule has 0 radical (unpaired) electrons. The molecule has 2 N–H and O–H groups in total. The Morgan fingerprint density at radius 2 is 1.74 bits per heavy atom. The first-order valence-electron chi connectivity index (χ1n) is 16.5. The summed E-state index contributed by atoms with van der Waals surface area (Å²) in [4.78, 5) is 50.0. The van der Waals surface area contributed by atoms with Gasteiger partial charge in [-0.15, -0.1) is 0 Å². The van der Waals surface area contributed by atoms with Gasteiger partial charge in [0.2, 0.25) is 0 Å². The van der Waals surface area contributed by atoms with Crippen molar-refractivity contribution in [2.45, 2.75) is 56.8 Å². The van der Waals surface area contributed by atoms with Gasteiger partial charge in [-0.1, -0.05) is 24.3 Å². The fourth-order valence-electron chi connectivity index (χ4n) is 7.08. The molecular weight excluding hydrogens is 594 g/mol. The van der Waals surface area contributed by atoms with Crippen LogP contribution in [0.5, 0.6) is 0 Å². The van der Waals surface area contributed by atoms with Crippen LogP contribution in [0.3, 0.4) is 0 Å². The van der Waals surface area contributed by atoms with Crippen molar-refractivity contribution in [2.24, 2.45) is 4.99 Å². The number of rotatable bonds is 7. The number of likely N-dealkylation sites (tertiary alicyclic amines) is 1. The molecule has 3 aromatic rings. The fraction of sp³-hybridized carbons (Fsp3) is 0.405. The van der Waals surface area contributed by atoms with E-state index in [1.54, 1.807) is 48.2 Å². The number of fused-ring (bicyclic) bond motifs is 1. The van der Waals surface area contributed by atoms with E-state index in [2.05, 4.69) is 17.4 Å². The quantitative estimate of drug-likeness (QED) is 0.394. The number of aliphatic imine (C=N–C) groups is 1. The van der Waals surface area contributed by atoms with Gasteiger partial charge in [0.15, 0.2) is 5.84 Å². The standard InChI is InChI=1S/C37H41N5O5/c1-40-21-32(39-34(37(40)46)38-27-11-8-24(9-12-27)35(44)41-17-15-28(47-2)16-18-41)30-4-3-5-33(31(30)22-43)42-19-14-26-20-25(23-6-7-23)10-13-29(26)36(42)45/h3-5,8-13,20,23,28,32,43H,6-7,14-19,21-22H2,1-2H3,(H,38,39). The second kappa shape index (κ2) is 12.9. The molecule has 3 aliphatic heterocycles. The van der Waals surface area contributed by atoms with Crippen molar-refractivity contribution in [3.63, 3.8) is 0 Å². The molecule has 2 fully saturated rings. The van der Waals surface area contributed by atoms with Gasteiger partial charge in [-0.3, -0.25) is 19.4 Å². The average Bonchev–Trinajstić information content (AvgIpc) is 3.96. The summed E-state index contributed by atoms with van der Waals surface area (Å²) in [6, 6.07) is 18.5. The van der Waals surface area contributed by atoms with Crippen molar-refractivity contribution in [2.75, 3.05) is 50.6 Å². The second-order valence-electron chi connectivity index (χ2n) is 13.0. The Labute approximate surface area is 275 Å². The number of nitrogens with zero attached hydrogens (tertiary/aromatic N) is 4. The molecule has 3 amide bonds. The van der Waals surface area contributed by atoms with E-state index in [-0.39, 0.29) is 36.3 Å². The third-order valence-electron chi connectivity index (χ3n) is 9.99. The molecule has 1 unspecified atom stereocenters. The number of amides is 3. The van der Waals surface area contributed by atoms with Crippen LogP contribution in [0.4, 0.5) is 11.4 Å². The summed E-state index contributed by atoms with van der Waals surface area (Å²) in [5.74, 6) is 0.464. The van der Waals surface area contributed by atoms with E-state index in [1.165, 1.54) is 18.4 Å². The molecule has 3 heterocycles. The lowest BCUT2D eigenvalue weighted by molar-refractivity contribution is -0.123. The van der Waals surface area contributed by atoms with Crippen molar-refractivity contribution in [3.8, 4) is 0 Å². The van der Waals surface area contributed by atoms with Gasteiger partial charge in [-0.25, -0.2) is 0 Å². The number of hydrogen-bond donors (Lipinski definition) is 2. The molecule has 1 saturated carbocycles. The number of methoxy groups -OCH3 is 1. The average molecular weight is 636 g/mol. The first-order valence-corrected chi connectivity index (χ1v) is 16.5. The number of piperidine rings is 1. The minimum Gasteiger partial charge on any atom is -0.392 e. The van der Waals surface area contributed by atoms with Crippen LogP contribution in [0.1, 0.15) is 80.6 Å². The Balaban J connectivity index is 1.10. The largest absolute Gasteiger partial charge is 0.392 e. The van der Waals surface area contributed by atoms with Crippen LogP contribution in [-0.2, 0) is 22.6 Å². The summed E-state index contributed by atoms with van der Waals surface area (Å²) in [7, 11) is 3.43. The van der Waals surface area contributed by atoms with Crippen molar-refractivity contribution >= 4 is 34.9 Å². The summed E-state index contributed by atoms with van der Waals surface area (Å²) >= 11 is 0. The Bertz CT molecular complexity index is 1730. The molecule has 0 bridgehead atoms. The highest BCUT2D eigenvalue weighted by atomic mass is 16.5. The number of anilines is 2. The highest BCUT2D eigenvalue weighted by molar-refractivity contribution is 6.42. The van der Waals surface area contributed by atoms with Gasteiger partial charge in [0.1, 0.15) is 0 Å². The Kier molecular flexibility index (Phi) is 8.55. The zero-order chi connectivity index (χ0) is 32.7. The molecule has 7 rings (SSSR count). The maximum absolute atomic E-state index is 13.7. The van der Waals surface area contributed by atoms with Gasteiger partial charge in [0.25, 0.3) is 17.7 Å². The minimum atomic E-state index is -0.452. The van der Waals surface area contributed by atoms with Crippen molar-refractivity contribution in [3.05, 3.63) is 94.0 Å². The minimum absolute atomic E-state index is 0.0212. The maximum Gasteiger partial charge on any atom is 0.289 e. The van der Waals surface area contributed by atoms with E-state index < -0.39 is 6.04 Å². The van der Waals surface area contributed by atoms with Gasteiger partial charge in [0, 0.05) is 68.4 Å². The van der Waals surface area contributed by atoms with E-state index in [9.17, 15) is 19.5 Å². The molecule has 10 heteroatoms. The number of amidine groups is 1. The summed E-state index contributed by atoms with van der Waals surface area (Å²) in [5, 5.41) is 13.8. The van der Waals surface area contributed by atoms with Crippen molar-refractivity contribution in [1.82, 2.24) is 9.80 Å². The van der Waals surface area contributed by atoms with Crippen LogP contribution >= 0.6 is 0 Å². The van der Waals surface area contributed by atoms with E-state index in [4.69, 9.17) is 9.73 Å². The third-order valence-corrected chi connectivity index (χ3v) is 9.99. The summed E-state index contributed by atoms with van der Waals surface area (Å²) in [6.45, 7) is 1.91. The molecule has 1 aliphatic carbocycles. The molecule has 3 aromatic carbocycles. The SMILES string of the molecule is COC1CCN(C(=O)c2ccc(NC3=NC(c4cccc(N5CCc6cc(C7CC7)ccc6C5=O)c4CO)CN(C)C3=O)cc2)CC1. The highest BCUT2D eigenvalue weighted by Gasteiger charge is 2.33. The van der Waals surface area contributed by atoms with E-state index in [0.29, 0.717) is 60.2 Å². The molecule has 4 aliphatic rings. The number of ether oxygens (including phenoxy) is 1. The predicted molar refractivity (Wildman–Crippen MR) is 180 cm³/mol. The van der Waals surface area contributed by atoms with Gasteiger partial charge >= 0.3 is 0 Å². The van der Waals surface area contributed by atoms with Crippen LogP contribution in [0.2, 0.25) is 0 Å². The van der Waals surface area contributed by atoms with Gasteiger partial charge in [0.05, 0.1) is 18.8 Å². The summed E-state index contributed by atoms with van der Waals surface area (Å²) < 4.78 is 5.42. The number of aliphatic hydroxyl groups is 1. The summed E-state index contributed by atoms with van der Waals surface area (Å²) in [6.07, 6.45) is 5.03.